The summed E-state index contributed by atoms with van der Waals surface area (Å²) >= 11 is 1.58. The van der Waals surface area contributed by atoms with Crippen molar-refractivity contribution in [2.24, 2.45) is 5.73 Å². The summed E-state index contributed by atoms with van der Waals surface area (Å²) in [5.74, 6) is 5.78. The molecule has 5 heteroatoms. The third-order valence-corrected chi connectivity index (χ3v) is 2.80. The van der Waals surface area contributed by atoms with Crippen molar-refractivity contribution in [3.8, 4) is 11.8 Å². The van der Waals surface area contributed by atoms with E-state index in [-0.39, 0.29) is 6.03 Å². The van der Waals surface area contributed by atoms with Gasteiger partial charge < -0.3 is 16.0 Å². The van der Waals surface area contributed by atoms with Crippen LogP contribution in [0.2, 0.25) is 0 Å². The molecule has 0 aromatic carbocycles. The monoisotopic (exact) mass is 237 g/mol. The van der Waals surface area contributed by atoms with Gasteiger partial charge in [0.25, 0.3) is 0 Å². The number of carbonyl (C=O) groups excluding carboxylic acids is 1. The molecule has 1 heterocycles. The lowest BCUT2D eigenvalue weighted by Gasteiger charge is -2.11. The van der Waals surface area contributed by atoms with Crippen LogP contribution in [0, 0.1) is 11.8 Å². The lowest BCUT2D eigenvalue weighted by molar-refractivity contribution is 0.217. The van der Waals surface area contributed by atoms with Crippen LogP contribution in [0.3, 0.4) is 0 Å². The van der Waals surface area contributed by atoms with E-state index in [1.54, 1.807) is 25.4 Å². The number of nitrogens with two attached hydrogens (primary N) is 1. The van der Waals surface area contributed by atoms with Gasteiger partial charge in [0, 0.05) is 24.5 Å². The Hall–Kier alpha value is -1.51. The van der Waals surface area contributed by atoms with Gasteiger partial charge >= 0.3 is 6.03 Å². The Labute approximate surface area is 99.4 Å². The molecule has 1 aromatic rings. The zero-order chi connectivity index (χ0) is 12.0. The highest BCUT2D eigenvalue weighted by molar-refractivity contribution is 7.10. The fourth-order valence-corrected chi connectivity index (χ4v) is 1.82. The molecular formula is C11H15N3OS. The lowest BCUT2D eigenvalue weighted by Crippen LogP contribution is -2.33. The van der Waals surface area contributed by atoms with Crippen molar-refractivity contribution in [2.75, 3.05) is 20.6 Å². The van der Waals surface area contributed by atoms with E-state index >= 15 is 0 Å². The average Bonchev–Trinajstić information content (AvgIpc) is 2.70. The van der Waals surface area contributed by atoms with Gasteiger partial charge in [0.15, 0.2) is 0 Å². The van der Waals surface area contributed by atoms with Crippen molar-refractivity contribution in [1.82, 2.24) is 10.2 Å². The van der Waals surface area contributed by atoms with Crippen molar-refractivity contribution in [1.29, 1.82) is 0 Å². The fourth-order valence-electron chi connectivity index (χ4n) is 1.05. The van der Waals surface area contributed by atoms with Crippen LogP contribution in [0.1, 0.15) is 10.4 Å². The second-order valence-corrected chi connectivity index (χ2v) is 4.32. The summed E-state index contributed by atoms with van der Waals surface area (Å²) in [6.45, 7) is 0.850. The molecule has 0 spiro atoms. The van der Waals surface area contributed by atoms with Crippen molar-refractivity contribution in [3.63, 3.8) is 0 Å². The largest absolute Gasteiger partial charge is 0.333 e. The minimum absolute atomic E-state index is 0.105. The normalized spacial score (nSPS) is 9.19. The first kappa shape index (κ1) is 12.6. The molecule has 0 fully saturated rings. The Bertz CT molecular complexity index is 414. The van der Waals surface area contributed by atoms with Gasteiger partial charge in [-0.2, -0.15) is 0 Å². The van der Waals surface area contributed by atoms with Gasteiger partial charge in [-0.05, 0) is 11.4 Å². The minimum atomic E-state index is -0.105. The molecule has 0 unspecified atom stereocenters. The van der Waals surface area contributed by atoms with Crippen molar-refractivity contribution < 1.29 is 4.79 Å². The zero-order valence-electron chi connectivity index (χ0n) is 9.41. The molecule has 0 saturated carbocycles. The van der Waals surface area contributed by atoms with E-state index in [1.807, 2.05) is 11.4 Å². The van der Waals surface area contributed by atoms with E-state index in [2.05, 4.69) is 17.2 Å². The van der Waals surface area contributed by atoms with E-state index in [0.29, 0.717) is 13.1 Å². The van der Waals surface area contributed by atoms with E-state index in [0.717, 1.165) is 10.4 Å². The molecule has 0 radical (unpaired) electrons. The zero-order valence-corrected chi connectivity index (χ0v) is 10.2. The molecule has 0 bridgehead atoms. The van der Waals surface area contributed by atoms with Crippen LogP contribution < -0.4 is 11.1 Å². The molecule has 1 aromatic heterocycles. The van der Waals surface area contributed by atoms with Gasteiger partial charge in [-0.25, -0.2) is 4.79 Å². The molecule has 4 nitrogen and oxygen atoms in total. The summed E-state index contributed by atoms with van der Waals surface area (Å²) in [5.41, 5.74) is 6.25. The molecule has 0 aliphatic carbocycles. The number of nitrogens with zero attached hydrogens (tertiary/aromatic N) is 1. The number of urea groups is 1. The first-order chi connectivity index (χ1) is 7.65. The number of rotatable bonds is 2. The predicted molar refractivity (Wildman–Crippen MR) is 66.2 cm³/mol. The van der Waals surface area contributed by atoms with Gasteiger partial charge in [-0.3, -0.25) is 0 Å². The molecule has 0 atom stereocenters. The maximum Gasteiger partial charge on any atom is 0.317 e. The number of hydrogen-bond acceptors (Lipinski definition) is 3. The Morgan fingerprint density at radius 3 is 3.00 bits per heavy atom. The number of carbonyl (C=O) groups is 1. The highest BCUT2D eigenvalue weighted by Crippen LogP contribution is 2.15. The fraction of sp³-hybridized carbons (Fsp3) is 0.364. The van der Waals surface area contributed by atoms with Crippen LogP contribution in [0.25, 0.3) is 0 Å². The second kappa shape index (κ2) is 6.16. The van der Waals surface area contributed by atoms with Crippen LogP contribution >= 0.6 is 11.3 Å². The van der Waals surface area contributed by atoms with E-state index in [9.17, 15) is 4.79 Å². The van der Waals surface area contributed by atoms with Crippen LogP contribution in [0.5, 0.6) is 0 Å². The van der Waals surface area contributed by atoms with Gasteiger partial charge in [0.05, 0.1) is 13.1 Å². The summed E-state index contributed by atoms with van der Waals surface area (Å²) in [5, 5.41) is 4.76. The van der Waals surface area contributed by atoms with Gasteiger partial charge in [-0.15, -0.1) is 11.3 Å². The number of hydrogen-bond donors (Lipinski definition) is 2. The molecular weight excluding hydrogens is 222 g/mol. The van der Waals surface area contributed by atoms with Crippen molar-refractivity contribution in [3.05, 3.63) is 21.9 Å². The number of amides is 2. The Kier molecular flexibility index (Phi) is 4.83. The van der Waals surface area contributed by atoms with Crippen molar-refractivity contribution >= 4 is 17.4 Å². The molecule has 2 amide bonds. The third kappa shape index (κ3) is 3.57. The molecule has 3 N–H and O–H groups in total. The Morgan fingerprint density at radius 1 is 1.62 bits per heavy atom. The topological polar surface area (TPSA) is 58.4 Å². The molecule has 1 rings (SSSR count). The maximum atomic E-state index is 11.3. The highest BCUT2D eigenvalue weighted by atomic mass is 32.1. The minimum Gasteiger partial charge on any atom is -0.333 e. The van der Waals surface area contributed by atoms with E-state index in [4.69, 9.17) is 5.73 Å². The third-order valence-electron chi connectivity index (χ3n) is 1.88. The van der Waals surface area contributed by atoms with Crippen LogP contribution in [-0.4, -0.2) is 31.6 Å². The van der Waals surface area contributed by atoms with Crippen LogP contribution in [-0.2, 0) is 6.54 Å². The lowest BCUT2D eigenvalue weighted by atomic mass is 10.2. The molecule has 0 saturated heterocycles. The summed E-state index contributed by atoms with van der Waals surface area (Å²) in [4.78, 5) is 13.9. The predicted octanol–water partition coefficient (Wildman–Crippen LogP) is 0.830. The maximum absolute atomic E-state index is 11.3. The molecule has 0 aliphatic rings. The number of nitrogens with one attached hydrogen (secondary N) is 1. The first-order valence-electron chi connectivity index (χ1n) is 4.85. The second-order valence-electron chi connectivity index (χ2n) is 3.32. The number of thiophene rings is 1. The molecule has 0 aliphatic heterocycles. The van der Waals surface area contributed by atoms with Crippen molar-refractivity contribution in [2.45, 2.75) is 6.54 Å². The highest BCUT2D eigenvalue weighted by Gasteiger charge is 2.05. The smallest absolute Gasteiger partial charge is 0.317 e. The van der Waals surface area contributed by atoms with E-state index in [1.165, 1.54) is 4.90 Å². The van der Waals surface area contributed by atoms with Gasteiger partial charge in [0.1, 0.15) is 0 Å². The Morgan fingerprint density at radius 2 is 2.38 bits per heavy atom. The summed E-state index contributed by atoms with van der Waals surface area (Å²) in [7, 11) is 3.41. The van der Waals surface area contributed by atoms with Crippen LogP contribution in [0.15, 0.2) is 11.4 Å². The van der Waals surface area contributed by atoms with Gasteiger partial charge in [0.2, 0.25) is 0 Å². The van der Waals surface area contributed by atoms with Crippen LogP contribution in [0.4, 0.5) is 4.79 Å². The standard InChI is InChI=1S/C11H15N3OS/c1-14(2)11(15)13-8-10-9(4-3-6-12)5-7-16-10/h5,7H,6,8,12H2,1-2H3,(H,13,15). The average molecular weight is 237 g/mol. The summed E-state index contributed by atoms with van der Waals surface area (Å²) < 4.78 is 0. The molecule has 16 heavy (non-hydrogen) atoms. The van der Waals surface area contributed by atoms with E-state index < -0.39 is 0 Å². The SMILES string of the molecule is CN(C)C(=O)NCc1sccc1C#CCN. The summed E-state index contributed by atoms with van der Waals surface area (Å²) in [6, 6.07) is 1.83. The summed E-state index contributed by atoms with van der Waals surface area (Å²) in [6.07, 6.45) is 0. The quantitative estimate of drug-likeness (QED) is 0.749. The van der Waals surface area contributed by atoms with Gasteiger partial charge in [-0.1, -0.05) is 11.8 Å². The Balaban J connectivity index is 2.61. The molecule has 86 valence electrons. The first-order valence-corrected chi connectivity index (χ1v) is 5.73.